The minimum absolute atomic E-state index is 0.567. The topological polar surface area (TPSA) is 17.1 Å². The summed E-state index contributed by atoms with van der Waals surface area (Å²) < 4.78 is 13.0. The first-order chi connectivity index (χ1) is 7.75. The van der Waals surface area contributed by atoms with Crippen LogP contribution >= 0.6 is 15.9 Å². The molecule has 0 saturated carbocycles. The Morgan fingerprint density at radius 1 is 0.938 bits per heavy atom. The van der Waals surface area contributed by atoms with Gasteiger partial charge in [-0.3, -0.25) is 4.21 Å². The van der Waals surface area contributed by atoms with Crippen LogP contribution in [-0.4, -0.2) is 4.21 Å². The van der Waals surface area contributed by atoms with E-state index < -0.39 is 10.8 Å². The molecule has 0 aliphatic carbocycles. The van der Waals surface area contributed by atoms with Gasteiger partial charge in [0, 0.05) is 9.37 Å². The summed E-state index contributed by atoms with van der Waals surface area (Å²) in [5.41, 5.74) is 1.09. The van der Waals surface area contributed by atoms with Crippen LogP contribution < -0.4 is 0 Å². The molecule has 2 aromatic carbocycles. The van der Waals surface area contributed by atoms with Gasteiger partial charge in [0.05, 0.1) is 16.6 Å². The van der Waals surface area contributed by atoms with Crippen molar-refractivity contribution in [3.8, 4) is 0 Å². The molecule has 82 valence electrons. The zero-order valence-electron chi connectivity index (χ0n) is 8.60. The molecule has 0 N–H and O–H groups in total. The summed E-state index contributed by atoms with van der Waals surface area (Å²) in [4.78, 5) is 0.880. The lowest BCUT2D eigenvalue weighted by Gasteiger charge is -2.02. The van der Waals surface area contributed by atoms with E-state index in [9.17, 15) is 4.21 Å². The maximum Gasteiger partial charge on any atom is 0.0574 e. The normalized spacial score (nSPS) is 12.3. The molecule has 0 aliphatic heterocycles. The van der Waals surface area contributed by atoms with Crippen LogP contribution in [0.2, 0.25) is 0 Å². The van der Waals surface area contributed by atoms with Crippen molar-refractivity contribution in [3.63, 3.8) is 0 Å². The molecule has 1 nitrogen and oxygen atoms in total. The third-order valence-corrected chi connectivity index (χ3v) is 4.14. The summed E-state index contributed by atoms with van der Waals surface area (Å²) in [5.74, 6) is 0.567. The van der Waals surface area contributed by atoms with Crippen molar-refractivity contribution in [2.24, 2.45) is 0 Å². The molecule has 2 rings (SSSR count). The van der Waals surface area contributed by atoms with Crippen molar-refractivity contribution in [1.29, 1.82) is 0 Å². The van der Waals surface area contributed by atoms with Crippen LogP contribution in [0, 0.1) is 0 Å². The molecule has 0 amide bonds. The molecule has 3 heteroatoms. The molecular formula is C13H11BrOS. The molecule has 0 heterocycles. The monoisotopic (exact) mass is 294 g/mol. The van der Waals surface area contributed by atoms with E-state index in [-0.39, 0.29) is 0 Å². The minimum atomic E-state index is -0.956. The Labute approximate surface area is 106 Å². The molecule has 0 bridgehead atoms. The Kier molecular flexibility index (Phi) is 3.91. The van der Waals surface area contributed by atoms with Gasteiger partial charge in [-0.15, -0.1) is 0 Å². The third kappa shape index (κ3) is 3.03. The summed E-state index contributed by atoms with van der Waals surface area (Å²) in [6.45, 7) is 0. The van der Waals surface area contributed by atoms with Crippen LogP contribution in [-0.2, 0) is 16.6 Å². The average Bonchev–Trinajstić information content (AvgIpc) is 2.33. The van der Waals surface area contributed by atoms with Gasteiger partial charge >= 0.3 is 0 Å². The second-order valence-electron chi connectivity index (χ2n) is 3.43. The molecule has 0 aliphatic rings. The molecule has 0 radical (unpaired) electrons. The van der Waals surface area contributed by atoms with Gasteiger partial charge in [-0.05, 0) is 29.8 Å². The maximum atomic E-state index is 12.0. The van der Waals surface area contributed by atoms with E-state index in [1.54, 1.807) is 0 Å². The average molecular weight is 295 g/mol. The molecule has 0 saturated heterocycles. The van der Waals surface area contributed by atoms with Crippen LogP contribution in [0.25, 0.3) is 0 Å². The quantitative estimate of drug-likeness (QED) is 0.842. The second kappa shape index (κ2) is 5.41. The van der Waals surface area contributed by atoms with E-state index in [0.717, 1.165) is 14.9 Å². The fourth-order valence-electron chi connectivity index (χ4n) is 1.39. The predicted octanol–water partition coefficient (Wildman–Crippen LogP) is 3.76. The van der Waals surface area contributed by atoms with Crippen molar-refractivity contribution >= 4 is 26.7 Å². The molecule has 2 aromatic rings. The highest BCUT2D eigenvalue weighted by Gasteiger charge is 2.03. The number of hydrogen-bond donors (Lipinski definition) is 0. The lowest BCUT2D eigenvalue weighted by atomic mass is 10.2. The van der Waals surface area contributed by atoms with E-state index in [1.807, 2.05) is 54.6 Å². The van der Waals surface area contributed by atoms with E-state index in [1.165, 1.54) is 0 Å². The first-order valence-electron chi connectivity index (χ1n) is 4.93. The van der Waals surface area contributed by atoms with Crippen molar-refractivity contribution in [3.05, 3.63) is 64.6 Å². The van der Waals surface area contributed by atoms with Crippen molar-refractivity contribution in [1.82, 2.24) is 0 Å². The predicted molar refractivity (Wildman–Crippen MR) is 70.7 cm³/mol. The molecule has 1 unspecified atom stereocenters. The van der Waals surface area contributed by atoms with Gasteiger partial charge in [0.25, 0.3) is 0 Å². The minimum Gasteiger partial charge on any atom is -0.254 e. The standard InChI is InChI=1S/C13H11BrOS/c14-12-8-6-11(7-9-12)10-16(15)13-4-2-1-3-5-13/h1-9H,10H2. The Bertz CT molecular complexity index is 479. The number of benzene rings is 2. The Hall–Kier alpha value is -0.930. The highest BCUT2D eigenvalue weighted by molar-refractivity contribution is 9.10. The third-order valence-electron chi connectivity index (χ3n) is 2.22. The van der Waals surface area contributed by atoms with Crippen LogP contribution in [0.15, 0.2) is 64.0 Å². The van der Waals surface area contributed by atoms with Gasteiger partial charge in [0.15, 0.2) is 0 Å². The maximum absolute atomic E-state index is 12.0. The summed E-state index contributed by atoms with van der Waals surface area (Å²) in [6.07, 6.45) is 0. The van der Waals surface area contributed by atoms with Crippen molar-refractivity contribution in [2.75, 3.05) is 0 Å². The summed E-state index contributed by atoms with van der Waals surface area (Å²) >= 11 is 3.38. The first-order valence-corrected chi connectivity index (χ1v) is 7.05. The fraction of sp³-hybridized carbons (Fsp3) is 0.0769. The van der Waals surface area contributed by atoms with Crippen molar-refractivity contribution < 1.29 is 4.21 Å². The van der Waals surface area contributed by atoms with Gasteiger partial charge < -0.3 is 0 Å². The van der Waals surface area contributed by atoms with Crippen LogP contribution in [0.1, 0.15) is 5.56 Å². The highest BCUT2D eigenvalue weighted by Crippen LogP contribution is 2.15. The van der Waals surface area contributed by atoms with Crippen LogP contribution in [0.4, 0.5) is 0 Å². The Morgan fingerprint density at radius 3 is 2.19 bits per heavy atom. The molecule has 0 aromatic heterocycles. The second-order valence-corrected chi connectivity index (χ2v) is 5.80. The van der Waals surface area contributed by atoms with E-state index in [2.05, 4.69) is 15.9 Å². The molecular weight excluding hydrogens is 284 g/mol. The smallest absolute Gasteiger partial charge is 0.0574 e. The molecule has 1 atom stereocenters. The number of hydrogen-bond acceptors (Lipinski definition) is 1. The van der Waals surface area contributed by atoms with Crippen molar-refractivity contribution in [2.45, 2.75) is 10.6 Å². The van der Waals surface area contributed by atoms with E-state index in [0.29, 0.717) is 5.75 Å². The van der Waals surface area contributed by atoms with Gasteiger partial charge in [-0.2, -0.15) is 0 Å². The lowest BCUT2D eigenvalue weighted by Crippen LogP contribution is -1.95. The van der Waals surface area contributed by atoms with E-state index >= 15 is 0 Å². The van der Waals surface area contributed by atoms with Crippen LogP contribution in [0.3, 0.4) is 0 Å². The summed E-state index contributed by atoms with van der Waals surface area (Å²) in [6, 6.07) is 17.5. The SMILES string of the molecule is O=S(Cc1ccc(Br)cc1)c1ccccc1. The molecule has 0 spiro atoms. The Morgan fingerprint density at radius 2 is 1.56 bits per heavy atom. The summed E-state index contributed by atoms with van der Waals surface area (Å²) in [7, 11) is -0.956. The van der Waals surface area contributed by atoms with Crippen LogP contribution in [0.5, 0.6) is 0 Å². The first kappa shape index (κ1) is 11.6. The Balaban J connectivity index is 2.11. The zero-order valence-corrected chi connectivity index (χ0v) is 11.0. The van der Waals surface area contributed by atoms with Gasteiger partial charge in [-0.25, -0.2) is 0 Å². The fourth-order valence-corrected chi connectivity index (χ4v) is 2.77. The highest BCUT2D eigenvalue weighted by atomic mass is 79.9. The van der Waals surface area contributed by atoms with Gasteiger partial charge in [0.2, 0.25) is 0 Å². The number of rotatable bonds is 3. The molecule has 0 fully saturated rings. The zero-order chi connectivity index (χ0) is 11.4. The number of halogens is 1. The molecule has 16 heavy (non-hydrogen) atoms. The van der Waals surface area contributed by atoms with Gasteiger partial charge in [-0.1, -0.05) is 46.3 Å². The summed E-state index contributed by atoms with van der Waals surface area (Å²) in [5, 5.41) is 0. The largest absolute Gasteiger partial charge is 0.254 e. The lowest BCUT2D eigenvalue weighted by molar-refractivity contribution is 0.682. The van der Waals surface area contributed by atoms with E-state index in [4.69, 9.17) is 0 Å². The van der Waals surface area contributed by atoms with Gasteiger partial charge in [0.1, 0.15) is 0 Å².